The summed E-state index contributed by atoms with van der Waals surface area (Å²) < 4.78 is 1.48. The second-order valence-corrected chi connectivity index (χ2v) is 11.7. The van der Waals surface area contributed by atoms with Gasteiger partial charge in [0.05, 0.1) is 11.5 Å². The van der Waals surface area contributed by atoms with E-state index in [-0.39, 0.29) is 23.5 Å². The van der Waals surface area contributed by atoms with Gasteiger partial charge in [-0.15, -0.1) is 11.3 Å². The molecule has 4 aromatic rings. The second-order valence-electron chi connectivity index (χ2n) is 10.6. The van der Waals surface area contributed by atoms with Gasteiger partial charge in [0, 0.05) is 48.2 Å². The summed E-state index contributed by atoms with van der Waals surface area (Å²) >= 11 is 1.62. The number of nitrogens with zero attached hydrogens (tertiary/aromatic N) is 5. The summed E-state index contributed by atoms with van der Waals surface area (Å²) in [4.78, 5) is 42.9. The molecule has 0 aromatic carbocycles. The molecule has 1 aliphatic carbocycles. The average molecular weight is 529 g/mol. The molecule has 9 nitrogen and oxygen atoms in total. The molecule has 4 aromatic heterocycles. The first kappa shape index (κ1) is 24.4. The average Bonchev–Trinajstić information content (AvgIpc) is 3.39. The first-order valence-electron chi connectivity index (χ1n) is 12.5. The van der Waals surface area contributed by atoms with Crippen LogP contribution in [0.5, 0.6) is 0 Å². The molecule has 0 spiro atoms. The quantitative estimate of drug-likeness (QED) is 0.404. The number of rotatable bonds is 5. The van der Waals surface area contributed by atoms with Crippen LogP contribution in [0.4, 0.5) is 17.3 Å². The van der Waals surface area contributed by atoms with Crippen molar-refractivity contribution in [3.8, 4) is 11.1 Å². The van der Waals surface area contributed by atoms with E-state index in [1.165, 1.54) is 26.9 Å². The number of hydrogen-bond acceptors (Lipinski definition) is 8. The van der Waals surface area contributed by atoms with Gasteiger partial charge in [-0.05, 0) is 59.6 Å². The molecule has 2 aliphatic rings. The Morgan fingerprint density at radius 2 is 1.97 bits per heavy atom. The predicted molar refractivity (Wildman–Crippen MR) is 147 cm³/mol. The van der Waals surface area contributed by atoms with Crippen molar-refractivity contribution in [2.75, 3.05) is 16.8 Å². The first-order chi connectivity index (χ1) is 18.3. The van der Waals surface area contributed by atoms with Gasteiger partial charge in [-0.2, -0.15) is 0 Å². The van der Waals surface area contributed by atoms with Gasteiger partial charge in [-0.25, -0.2) is 15.0 Å². The van der Waals surface area contributed by atoms with Crippen molar-refractivity contribution in [2.45, 2.75) is 39.7 Å². The van der Waals surface area contributed by atoms with E-state index in [0.717, 1.165) is 24.1 Å². The summed E-state index contributed by atoms with van der Waals surface area (Å²) in [5, 5.41) is 13.5. The smallest absolute Gasteiger partial charge is 0.274 e. The minimum atomic E-state index is -0.304. The lowest BCUT2D eigenvalue weighted by Gasteiger charge is -2.29. The number of fused-ring (bicyclic) bond motifs is 3. The highest BCUT2D eigenvalue weighted by molar-refractivity contribution is 7.14. The van der Waals surface area contributed by atoms with Crippen LogP contribution in [0.25, 0.3) is 11.1 Å². The molecule has 194 valence electrons. The fourth-order valence-corrected chi connectivity index (χ4v) is 7.13. The minimum absolute atomic E-state index is 0.0608. The Hall–Kier alpha value is -3.89. The Kier molecular flexibility index (Phi) is 5.88. The van der Waals surface area contributed by atoms with Gasteiger partial charge in [-0.3, -0.25) is 14.5 Å². The molecule has 1 aliphatic heterocycles. The molecule has 1 amide bonds. The summed E-state index contributed by atoms with van der Waals surface area (Å²) in [5.41, 5.74) is 4.86. The van der Waals surface area contributed by atoms with Crippen molar-refractivity contribution in [2.24, 2.45) is 12.5 Å². The lowest BCUT2D eigenvalue weighted by atomic mass is 9.89. The van der Waals surface area contributed by atoms with Crippen LogP contribution < -0.4 is 15.8 Å². The van der Waals surface area contributed by atoms with E-state index in [2.05, 4.69) is 34.1 Å². The predicted octanol–water partition coefficient (Wildman–Crippen LogP) is 3.86. The topological polar surface area (TPSA) is 113 Å². The van der Waals surface area contributed by atoms with Crippen LogP contribution in [0.3, 0.4) is 0 Å². The van der Waals surface area contributed by atoms with Gasteiger partial charge < -0.3 is 15.0 Å². The number of aromatic nitrogens is 4. The SMILES string of the molecule is Cn1cc(-c2ccnc(N3CCc4c(sc5c4CC(C)(C)C5)C3=O)c2CO)cc(Nc2ccncn2)c1=O. The number of aliphatic hydroxyl groups is 1. The zero-order valence-corrected chi connectivity index (χ0v) is 22.3. The van der Waals surface area contributed by atoms with E-state index in [4.69, 9.17) is 0 Å². The molecule has 38 heavy (non-hydrogen) atoms. The fraction of sp³-hybridized carbons (Fsp3) is 0.321. The molecule has 0 saturated heterocycles. The van der Waals surface area contributed by atoms with Gasteiger partial charge in [0.15, 0.2) is 0 Å². The van der Waals surface area contributed by atoms with Crippen LogP contribution in [-0.2, 0) is 32.9 Å². The molecule has 5 heterocycles. The maximum absolute atomic E-state index is 13.7. The largest absolute Gasteiger partial charge is 0.392 e. The second kappa shape index (κ2) is 9.14. The summed E-state index contributed by atoms with van der Waals surface area (Å²) in [7, 11) is 1.67. The number of aliphatic hydroxyl groups excluding tert-OH is 1. The number of nitrogens with one attached hydrogen (secondary N) is 1. The summed E-state index contributed by atoms with van der Waals surface area (Å²) in [6, 6.07) is 5.20. The van der Waals surface area contributed by atoms with Crippen LogP contribution in [0, 0.1) is 5.41 Å². The maximum Gasteiger partial charge on any atom is 0.274 e. The lowest BCUT2D eigenvalue weighted by molar-refractivity contribution is 0.0983. The van der Waals surface area contributed by atoms with Gasteiger partial charge in [-0.1, -0.05) is 13.8 Å². The highest BCUT2D eigenvalue weighted by Crippen LogP contribution is 2.46. The highest BCUT2D eigenvalue weighted by Gasteiger charge is 2.38. The van der Waals surface area contributed by atoms with Crippen LogP contribution in [0.15, 0.2) is 47.9 Å². The Bertz CT molecular complexity index is 1630. The molecular weight excluding hydrogens is 500 g/mol. The Morgan fingerprint density at radius 1 is 1.13 bits per heavy atom. The van der Waals surface area contributed by atoms with Gasteiger partial charge >= 0.3 is 0 Å². The Balaban J connectivity index is 1.38. The number of amides is 1. The van der Waals surface area contributed by atoms with Crippen molar-refractivity contribution in [3.05, 3.63) is 79.9 Å². The van der Waals surface area contributed by atoms with Crippen molar-refractivity contribution in [3.63, 3.8) is 0 Å². The Morgan fingerprint density at radius 3 is 2.74 bits per heavy atom. The van der Waals surface area contributed by atoms with Gasteiger partial charge in [0.25, 0.3) is 11.5 Å². The molecule has 0 bridgehead atoms. The molecule has 0 saturated carbocycles. The summed E-state index contributed by atoms with van der Waals surface area (Å²) in [5.74, 6) is 0.885. The molecular formula is C28H28N6O3S. The van der Waals surface area contributed by atoms with Crippen molar-refractivity contribution >= 4 is 34.6 Å². The molecule has 0 fully saturated rings. The zero-order chi connectivity index (χ0) is 26.6. The monoisotopic (exact) mass is 528 g/mol. The van der Waals surface area contributed by atoms with Crippen molar-refractivity contribution in [1.82, 2.24) is 19.5 Å². The first-order valence-corrected chi connectivity index (χ1v) is 13.4. The third kappa shape index (κ3) is 4.10. The van der Waals surface area contributed by atoms with Crippen LogP contribution in [-0.4, -0.2) is 37.1 Å². The van der Waals surface area contributed by atoms with Gasteiger partial charge in [0.1, 0.15) is 23.7 Å². The molecule has 2 N–H and O–H groups in total. The number of pyridine rings is 2. The molecule has 6 rings (SSSR count). The zero-order valence-electron chi connectivity index (χ0n) is 21.5. The number of aryl methyl sites for hydroxylation is 1. The van der Waals surface area contributed by atoms with E-state index < -0.39 is 0 Å². The maximum atomic E-state index is 13.7. The third-order valence-electron chi connectivity index (χ3n) is 7.31. The number of thiophene rings is 1. The Labute approximate surface area is 223 Å². The normalized spacial score (nSPS) is 15.9. The van der Waals surface area contributed by atoms with E-state index in [0.29, 0.717) is 40.6 Å². The minimum Gasteiger partial charge on any atom is -0.392 e. The van der Waals surface area contributed by atoms with Crippen LogP contribution in [0.2, 0.25) is 0 Å². The van der Waals surface area contributed by atoms with Crippen molar-refractivity contribution in [1.29, 1.82) is 0 Å². The van der Waals surface area contributed by atoms with Crippen LogP contribution >= 0.6 is 11.3 Å². The number of anilines is 3. The van der Waals surface area contributed by atoms with Crippen molar-refractivity contribution < 1.29 is 9.90 Å². The van der Waals surface area contributed by atoms with E-state index >= 15 is 0 Å². The molecule has 0 atom stereocenters. The molecule has 0 unspecified atom stereocenters. The number of hydrogen-bond donors (Lipinski definition) is 2. The number of carbonyl (C=O) groups is 1. The van der Waals surface area contributed by atoms with E-state index in [1.54, 1.807) is 60.1 Å². The van der Waals surface area contributed by atoms with E-state index in [9.17, 15) is 14.7 Å². The molecule has 10 heteroatoms. The summed E-state index contributed by atoms with van der Waals surface area (Å²) in [6.45, 7) is 4.76. The van der Waals surface area contributed by atoms with Gasteiger partial charge in [0.2, 0.25) is 0 Å². The highest BCUT2D eigenvalue weighted by atomic mass is 32.1. The van der Waals surface area contributed by atoms with E-state index in [1.807, 2.05) is 0 Å². The standard InChI is InChI=1S/C28H28N6O3S/c1-28(2)11-19-18-6-9-34(27(37)24(18)38-22(19)12-28)25-20(14-35)17(4-8-30-25)16-10-21(26(36)33(3)13-16)32-23-5-7-29-15-31-23/h4-5,7-8,10,13,15,35H,6,9,11-12,14H2,1-3H3,(H,29,31,32). The lowest BCUT2D eigenvalue weighted by Crippen LogP contribution is -2.38. The molecule has 0 radical (unpaired) electrons. The number of carbonyl (C=O) groups excluding carboxylic acids is 1. The third-order valence-corrected chi connectivity index (χ3v) is 8.57. The summed E-state index contributed by atoms with van der Waals surface area (Å²) in [6.07, 6.45) is 9.13. The van der Waals surface area contributed by atoms with Crippen LogP contribution in [0.1, 0.15) is 45.1 Å². The fourth-order valence-electron chi connectivity index (χ4n) is 5.55.